The van der Waals surface area contributed by atoms with Gasteiger partial charge in [0.2, 0.25) is 5.91 Å². The number of nitrogens with one attached hydrogen (secondary N) is 1. The fourth-order valence-corrected chi connectivity index (χ4v) is 2.68. The maximum atomic E-state index is 12.0. The molecule has 1 aliphatic carbocycles. The van der Waals surface area contributed by atoms with E-state index in [-0.39, 0.29) is 24.1 Å². The van der Waals surface area contributed by atoms with Crippen LogP contribution in [0.1, 0.15) is 49.9 Å². The number of aromatic nitrogens is 1. The number of carbonyl (C=O) groups is 1. The number of unbranched alkanes of at least 4 members (excludes halogenated alkanes) is 1. The third-order valence-corrected chi connectivity index (χ3v) is 3.81. The van der Waals surface area contributed by atoms with Crippen LogP contribution < -0.4 is 16.6 Å². The van der Waals surface area contributed by atoms with Gasteiger partial charge in [0, 0.05) is 24.3 Å². The van der Waals surface area contributed by atoms with Crippen LogP contribution in [0.3, 0.4) is 0 Å². The van der Waals surface area contributed by atoms with Crippen molar-refractivity contribution in [3.8, 4) is 0 Å². The van der Waals surface area contributed by atoms with E-state index in [1.807, 2.05) is 6.07 Å². The van der Waals surface area contributed by atoms with Crippen LogP contribution in [0.4, 0.5) is 0 Å². The molecule has 1 aromatic rings. The molecule has 0 bridgehead atoms. The first-order valence-electron chi connectivity index (χ1n) is 7.38. The van der Waals surface area contributed by atoms with E-state index in [0.29, 0.717) is 6.54 Å². The van der Waals surface area contributed by atoms with Crippen LogP contribution in [-0.2, 0) is 17.8 Å². The molecule has 5 heteroatoms. The first-order chi connectivity index (χ1) is 9.63. The SMILES string of the molecule is CCCCNC(=O)Cn1c2c(ccc1=O)C(N)CCC2. The summed E-state index contributed by atoms with van der Waals surface area (Å²) in [6, 6.07) is 3.31. The number of hydrogen-bond acceptors (Lipinski definition) is 3. The van der Waals surface area contributed by atoms with E-state index in [9.17, 15) is 9.59 Å². The zero-order valence-corrected chi connectivity index (χ0v) is 12.0. The standard InChI is InChI=1S/C15H23N3O2/c1-2-3-9-17-14(19)10-18-13-6-4-5-12(16)11(13)7-8-15(18)20/h7-8,12H,2-6,9-10,16H2,1H3,(H,17,19). The second-order valence-corrected chi connectivity index (χ2v) is 5.36. The lowest BCUT2D eigenvalue weighted by molar-refractivity contribution is -0.121. The van der Waals surface area contributed by atoms with Crippen LogP contribution in [-0.4, -0.2) is 17.0 Å². The van der Waals surface area contributed by atoms with Crippen molar-refractivity contribution in [2.75, 3.05) is 6.54 Å². The number of fused-ring (bicyclic) bond motifs is 1. The number of nitrogens with zero attached hydrogens (tertiary/aromatic N) is 1. The molecule has 5 nitrogen and oxygen atoms in total. The monoisotopic (exact) mass is 277 g/mol. The van der Waals surface area contributed by atoms with Crippen LogP contribution in [0.5, 0.6) is 0 Å². The van der Waals surface area contributed by atoms with E-state index in [0.717, 1.165) is 43.4 Å². The molecule has 0 radical (unpaired) electrons. The van der Waals surface area contributed by atoms with E-state index < -0.39 is 0 Å². The molecule has 1 aliphatic rings. The Bertz CT molecular complexity index is 536. The van der Waals surface area contributed by atoms with Gasteiger partial charge in [0.1, 0.15) is 6.54 Å². The lowest BCUT2D eigenvalue weighted by Crippen LogP contribution is -2.36. The number of carbonyl (C=O) groups excluding carboxylic acids is 1. The molecule has 3 N–H and O–H groups in total. The zero-order valence-electron chi connectivity index (χ0n) is 12.0. The fraction of sp³-hybridized carbons (Fsp3) is 0.600. The first-order valence-corrected chi connectivity index (χ1v) is 7.38. The molecule has 1 heterocycles. The van der Waals surface area contributed by atoms with Crippen molar-refractivity contribution in [2.24, 2.45) is 5.73 Å². The van der Waals surface area contributed by atoms with Gasteiger partial charge >= 0.3 is 0 Å². The summed E-state index contributed by atoms with van der Waals surface area (Å²) >= 11 is 0. The Morgan fingerprint density at radius 1 is 1.50 bits per heavy atom. The van der Waals surface area contributed by atoms with Crippen molar-refractivity contribution in [1.29, 1.82) is 0 Å². The predicted molar refractivity (Wildman–Crippen MR) is 78.5 cm³/mol. The van der Waals surface area contributed by atoms with E-state index >= 15 is 0 Å². The Balaban J connectivity index is 2.17. The molecule has 1 atom stereocenters. The average Bonchev–Trinajstić information content (AvgIpc) is 2.43. The van der Waals surface area contributed by atoms with Crippen molar-refractivity contribution in [3.05, 3.63) is 33.7 Å². The number of hydrogen-bond donors (Lipinski definition) is 2. The molecule has 1 amide bonds. The average molecular weight is 277 g/mol. The Labute approximate surface area is 119 Å². The van der Waals surface area contributed by atoms with E-state index in [4.69, 9.17) is 5.73 Å². The van der Waals surface area contributed by atoms with Gasteiger partial charge in [-0.05, 0) is 31.2 Å². The second-order valence-electron chi connectivity index (χ2n) is 5.36. The Morgan fingerprint density at radius 2 is 2.30 bits per heavy atom. The van der Waals surface area contributed by atoms with Crippen LogP contribution >= 0.6 is 0 Å². The van der Waals surface area contributed by atoms with Gasteiger partial charge in [-0.1, -0.05) is 19.4 Å². The summed E-state index contributed by atoms with van der Waals surface area (Å²) < 4.78 is 1.58. The second kappa shape index (κ2) is 6.70. The van der Waals surface area contributed by atoms with Crippen LogP contribution in [0.25, 0.3) is 0 Å². The number of nitrogens with two attached hydrogens (primary N) is 1. The highest BCUT2D eigenvalue weighted by atomic mass is 16.2. The molecule has 20 heavy (non-hydrogen) atoms. The van der Waals surface area contributed by atoms with E-state index in [2.05, 4.69) is 12.2 Å². The summed E-state index contributed by atoms with van der Waals surface area (Å²) in [5.74, 6) is -0.104. The minimum absolute atomic E-state index is 0.0197. The fourth-order valence-electron chi connectivity index (χ4n) is 2.68. The maximum Gasteiger partial charge on any atom is 0.251 e. The largest absolute Gasteiger partial charge is 0.355 e. The van der Waals surface area contributed by atoms with Gasteiger partial charge in [0.15, 0.2) is 0 Å². The third-order valence-electron chi connectivity index (χ3n) is 3.81. The van der Waals surface area contributed by atoms with E-state index in [1.54, 1.807) is 4.57 Å². The van der Waals surface area contributed by atoms with Crippen LogP contribution in [0.15, 0.2) is 16.9 Å². The molecular weight excluding hydrogens is 254 g/mol. The van der Waals surface area contributed by atoms with E-state index in [1.165, 1.54) is 6.07 Å². The molecule has 0 spiro atoms. The molecule has 2 rings (SSSR count). The van der Waals surface area contributed by atoms with Gasteiger partial charge in [-0.15, -0.1) is 0 Å². The van der Waals surface area contributed by atoms with Gasteiger partial charge in [-0.25, -0.2) is 0 Å². The van der Waals surface area contributed by atoms with Crippen molar-refractivity contribution in [1.82, 2.24) is 9.88 Å². The highest BCUT2D eigenvalue weighted by Gasteiger charge is 2.21. The smallest absolute Gasteiger partial charge is 0.251 e. The lowest BCUT2D eigenvalue weighted by atomic mass is 9.91. The predicted octanol–water partition coefficient (Wildman–Crippen LogP) is 1.10. The van der Waals surface area contributed by atoms with Gasteiger partial charge < -0.3 is 15.6 Å². The van der Waals surface area contributed by atoms with Crippen molar-refractivity contribution in [3.63, 3.8) is 0 Å². The van der Waals surface area contributed by atoms with Gasteiger partial charge in [-0.2, -0.15) is 0 Å². The van der Waals surface area contributed by atoms with Crippen LogP contribution in [0, 0.1) is 0 Å². The third kappa shape index (κ3) is 3.28. The molecule has 0 fully saturated rings. The maximum absolute atomic E-state index is 12.0. The molecule has 110 valence electrons. The zero-order chi connectivity index (χ0) is 14.5. The molecule has 1 unspecified atom stereocenters. The van der Waals surface area contributed by atoms with Gasteiger partial charge in [0.05, 0.1) is 0 Å². The van der Waals surface area contributed by atoms with Gasteiger partial charge in [-0.3, -0.25) is 9.59 Å². The highest BCUT2D eigenvalue weighted by Crippen LogP contribution is 2.26. The number of amides is 1. The minimum atomic E-state index is -0.122. The molecule has 0 saturated heterocycles. The molecular formula is C15H23N3O2. The van der Waals surface area contributed by atoms with Crippen molar-refractivity contribution < 1.29 is 4.79 Å². The molecule has 0 aliphatic heterocycles. The minimum Gasteiger partial charge on any atom is -0.355 e. The normalized spacial score (nSPS) is 17.6. The summed E-state index contributed by atoms with van der Waals surface area (Å²) in [4.78, 5) is 23.9. The lowest BCUT2D eigenvalue weighted by Gasteiger charge is -2.25. The first kappa shape index (κ1) is 14.8. The Kier molecular flexibility index (Phi) is 4.95. The van der Waals surface area contributed by atoms with Crippen molar-refractivity contribution >= 4 is 5.91 Å². The molecule has 1 aromatic heterocycles. The summed E-state index contributed by atoms with van der Waals surface area (Å²) in [5, 5.41) is 2.85. The Morgan fingerprint density at radius 3 is 3.05 bits per heavy atom. The van der Waals surface area contributed by atoms with Crippen LogP contribution in [0.2, 0.25) is 0 Å². The highest BCUT2D eigenvalue weighted by molar-refractivity contribution is 5.75. The summed E-state index contributed by atoms with van der Waals surface area (Å²) in [6.45, 7) is 2.84. The number of pyridine rings is 1. The summed E-state index contributed by atoms with van der Waals surface area (Å²) in [5.41, 5.74) is 7.90. The topological polar surface area (TPSA) is 77.1 Å². The molecule has 0 saturated carbocycles. The quantitative estimate of drug-likeness (QED) is 0.791. The number of rotatable bonds is 5. The van der Waals surface area contributed by atoms with Crippen molar-refractivity contribution in [2.45, 2.75) is 51.6 Å². The summed E-state index contributed by atoms with van der Waals surface area (Å²) in [7, 11) is 0. The Hall–Kier alpha value is -1.62. The van der Waals surface area contributed by atoms with Gasteiger partial charge in [0.25, 0.3) is 5.56 Å². The molecule has 0 aromatic carbocycles. The summed E-state index contributed by atoms with van der Waals surface area (Å²) in [6.07, 6.45) is 4.72.